The number of hydrogen-bond donors (Lipinski definition) is 2. The minimum atomic E-state index is -0.0458. The van der Waals surface area contributed by atoms with E-state index in [1.807, 2.05) is 18.2 Å². The van der Waals surface area contributed by atoms with E-state index in [0.717, 1.165) is 25.1 Å². The number of ether oxygens (including phenoxy) is 1. The molecule has 0 bridgehead atoms. The van der Waals surface area contributed by atoms with Gasteiger partial charge in [-0.25, -0.2) is 0 Å². The Balaban J connectivity index is 1.94. The number of carbonyl (C=O) groups excluding carboxylic acids is 1. The van der Waals surface area contributed by atoms with E-state index in [0.29, 0.717) is 0 Å². The van der Waals surface area contributed by atoms with Crippen LogP contribution in [-0.4, -0.2) is 25.2 Å². The van der Waals surface area contributed by atoms with Crippen molar-refractivity contribution in [1.29, 1.82) is 0 Å². The summed E-state index contributed by atoms with van der Waals surface area (Å²) in [6.07, 6.45) is 3.52. The molecular weight excluding hydrogens is 252 g/mol. The maximum Gasteiger partial charge on any atom is 0.221 e. The predicted octanol–water partition coefficient (Wildman–Crippen LogP) is 2.86. The average molecular weight is 276 g/mol. The molecule has 0 heterocycles. The molecule has 110 valence electrons. The molecule has 2 rings (SSSR count). The van der Waals surface area contributed by atoms with Crippen molar-refractivity contribution in [3.63, 3.8) is 0 Å². The number of benzene rings is 1. The summed E-state index contributed by atoms with van der Waals surface area (Å²) in [5.41, 5.74) is 2.04. The van der Waals surface area contributed by atoms with Gasteiger partial charge in [0.1, 0.15) is 0 Å². The molecule has 1 fully saturated rings. The number of nitrogens with one attached hydrogen (secondary N) is 2. The highest BCUT2D eigenvalue weighted by molar-refractivity contribution is 5.88. The first-order chi connectivity index (χ1) is 9.54. The molecule has 2 N–H and O–H groups in total. The van der Waals surface area contributed by atoms with Gasteiger partial charge >= 0.3 is 0 Å². The monoisotopic (exact) mass is 276 g/mol. The van der Waals surface area contributed by atoms with E-state index in [1.165, 1.54) is 18.9 Å². The van der Waals surface area contributed by atoms with Gasteiger partial charge in [0, 0.05) is 32.3 Å². The smallest absolute Gasteiger partial charge is 0.221 e. The molecule has 4 heteroatoms. The van der Waals surface area contributed by atoms with Gasteiger partial charge < -0.3 is 15.4 Å². The van der Waals surface area contributed by atoms with Gasteiger partial charge in [-0.05, 0) is 43.9 Å². The van der Waals surface area contributed by atoms with Crippen molar-refractivity contribution in [2.24, 2.45) is 0 Å². The minimum absolute atomic E-state index is 0.0313. The Hall–Kier alpha value is -1.39. The van der Waals surface area contributed by atoms with E-state index in [-0.39, 0.29) is 17.6 Å². The molecule has 0 aromatic heterocycles. The van der Waals surface area contributed by atoms with Crippen LogP contribution in [0.4, 0.5) is 5.69 Å². The fourth-order valence-electron chi connectivity index (χ4n) is 2.57. The summed E-state index contributed by atoms with van der Waals surface area (Å²) >= 11 is 0. The molecule has 20 heavy (non-hydrogen) atoms. The van der Waals surface area contributed by atoms with Crippen molar-refractivity contribution in [3.8, 4) is 0 Å². The largest absolute Gasteiger partial charge is 0.377 e. The molecule has 0 saturated heterocycles. The topological polar surface area (TPSA) is 50.4 Å². The molecule has 1 aromatic carbocycles. The molecule has 0 spiro atoms. The van der Waals surface area contributed by atoms with Crippen molar-refractivity contribution in [2.45, 2.75) is 44.8 Å². The number of rotatable bonds is 6. The van der Waals surface area contributed by atoms with Crippen LogP contribution < -0.4 is 10.6 Å². The third-order valence-electron chi connectivity index (χ3n) is 4.14. The van der Waals surface area contributed by atoms with Gasteiger partial charge in [0.2, 0.25) is 5.91 Å². The second-order valence-corrected chi connectivity index (χ2v) is 5.65. The fourth-order valence-corrected chi connectivity index (χ4v) is 2.57. The fraction of sp³-hybridized carbons (Fsp3) is 0.562. The summed E-state index contributed by atoms with van der Waals surface area (Å²) < 4.78 is 5.62. The predicted molar refractivity (Wildman–Crippen MR) is 80.8 cm³/mol. The van der Waals surface area contributed by atoms with E-state index in [1.54, 1.807) is 7.11 Å². The molecule has 1 saturated carbocycles. The first-order valence-electron chi connectivity index (χ1n) is 7.21. The van der Waals surface area contributed by atoms with E-state index >= 15 is 0 Å². The quantitative estimate of drug-likeness (QED) is 0.840. The highest BCUT2D eigenvalue weighted by Gasteiger charge is 2.36. The van der Waals surface area contributed by atoms with Crippen LogP contribution in [-0.2, 0) is 9.53 Å². The third kappa shape index (κ3) is 3.58. The zero-order valence-electron chi connectivity index (χ0n) is 12.5. The Labute approximate surface area is 120 Å². The first-order valence-corrected chi connectivity index (χ1v) is 7.21. The van der Waals surface area contributed by atoms with E-state index in [9.17, 15) is 4.79 Å². The molecule has 1 aliphatic rings. The maximum atomic E-state index is 11.1. The number of carbonyl (C=O) groups is 1. The van der Waals surface area contributed by atoms with Gasteiger partial charge in [-0.15, -0.1) is 0 Å². The number of hydrogen-bond acceptors (Lipinski definition) is 3. The lowest BCUT2D eigenvalue weighted by molar-refractivity contribution is -0.114. The molecule has 0 radical (unpaired) electrons. The lowest BCUT2D eigenvalue weighted by Gasteiger charge is -2.41. The summed E-state index contributed by atoms with van der Waals surface area (Å²) in [5.74, 6) is -0.0458. The summed E-state index contributed by atoms with van der Waals surface area (Å²) in [6.45, 7) is 4.53. The maximum absolute atomic E-state index is 11.1. The molecule has 1 aromatic rings. The first kappa shape index (κ1) is 15.0. The van der Waals surface area contributed by atoms with Crippen LogP contribution in [0.2, 0.25) is 0 Å². The molecule has 4 nitrogen and oxygen atoms in total. The van der Waals surface area contributed by atoms with Gasteiger partial charge in [0.25, 0.3) is 0 Å². The number of anilines is 1. The van der Waals surface area contributed by atoms with Crippen molar-refractivity contribution in [1.82, 2.24) is 5.32 Å². The van der Waals surface area contributed by atoms with Crippen molar-refractivity contribution >= 4 is 11.6 Å². The van der Waals surface area contributed by atoms with Gasteiger partial charge in [-0.2, -0.15) is 0 Å². The van der Waals surface area contributed by atoms with Crippen LogP contribution in [0.25, 0.3) is 0 Å². The molecule has 1 atom stereocenters. The van der Waals surface area contributed by atoms with Crippen LogP contribution in [0.5, 0.6) is 0 Å². The Morgan fingerprint density at radius 3 is 2.75 bits per heavy atom. The average Bonchev–Trinajstić information content (AvgIpc) is 2.37. The molecule has 1 amide bonds. The summed E-state index contributed by atoms with van der Waals surface area (Å²) in [5, 5.41) is 6.35. The molecule has 0 aliphatic heterocycles. The van der Waals surface area contributed by atoms with Gasteiger partial charge in [-0.1, -0.05) is 12.1 Å². The van der Waals surface area contributed by atoms with Crippen LogP contribution >= 0.6 is 0 Å². The van der Waals surface area contributed by atoms with Crippen molar-refractivity contribution < 1.29 is 9.53 Å². The SMILES string of the molecule is COC1(CNC(C)c2cccc(NC(C)=O)c2)CCC1. The lowest BCUT2D eigenvalue weighted by atomic mass is 9.80. The summed E-state index contributed by atoms with van der Waals surface area (Å²) in [6, 6.07) is 8.19. The molecule has 1 aliphatic carbocycles. The minimum Gasteiger partial charge on any atom is -0.377 e. The Morgan fingerprint density at radius 2 is 2.20 bits per heavy atom. The zero-order chi connectivity index (χ0) is 14.6. The van der Waals surface area contributed by atoms with Crippen LogP contribution in [0.3, 0.4) is 0 Å². The lowest BCUT2D eigenvalue weighted by Crippen LogP contribution is -2.48. The van der Waals surface area contributed by atoms with Crippen molar-refractivity contribution in [3.05, 3.63) is 29.8 Å². The van der Waals surface area contributed by atoms with Gasteiger partial charge in [-0.3, -0.25) is 4.79 Å². The molecule has 1 unspecified atom stereocenters. The van der Waals surface area contributed by atoms with Crippen LogP contribution in [0.15, 0.2) is 24.3 Å². The second kappa shape index (κ2) is 6.37. The van der Waals surface area contributed by atoms with E-state index in [2.05, 4.69) is 23.6 Å². The summed E-state index contributed by atoms with van der Waals surface area (Å²) in [4.78, 5) is 11.1. The Morgan fingerprint density at radius 1 is 1.45 bits per heavy atom. The molecular formula is C16H24N2O2. The standard InChI is InChI=1S/C16H24N2O2/c1-12(17-11-16(20-3)8-5-9-16)14-6-4-7-15(10-14)18-13(2)19/h4,6-7,10,12,17H,5,8-9,11H2,1-3H3,(H,18,19). The Kier molecular flexibility index (Phi) is 4.78. The highest BCUT2D eigenvalue weighted by atomic mass is 16.5. The van der Waals surface area contributed by atoms with E-state index in [4.69, 9.17) is 4.74 Å². The Bertz CT molecular complexity index is 464. The number of amides is 1. The highest BCUT2D eigenvalue weighted by Crippen LogP contribution is 2.34. The van der Waals surface area contributed by atoms with Crippen molar-refractivity contribution in [2.75, 3.05) is 19.0 Å². The number of methoxy groups -OCH3 is 1. The second-order valence-electron chi connectivity index (χ2n) is 5.65. The normalized spacial score (nSPS) is 18.1. The van der Waals surface area contributed by atoms with Crippen LogP contribution in [0, 0.1) is 0 Å². The summed E-state index contributed by atoms with van der Waals surface area (Å²) in [7, 11) is 1.79. The van der Waals surface area contributed by atoms with Crippen LogP contribution in [0.1, 0.15) is 44.7 Å². The van der Waals surface area contributed by atoms with Gasteiger partial charge in [0.05, 0.1) is 5.60 Å². The van der Waals surface area contributed by atoms with E-state index < -0.39 is 0 Å². The zero-order valence-corrected chi connectivity index (χ0v) is 12.5. The van der Waals surface area contributed by atoms with Gasteiger partial charge in [0.15, 0.2) is 0 Å². The third-order valence-corrected chi connectivity index (χ3v) is 4.14.